The molecule has 2 aromatic carbocycles. The number of ether oxygens (including phenoxy) is 1. The van der Waals surface area contributed by atoms with E-state index in [-0.39, 0.29) is 16.5 Å². The summed E-state index contributed by atoms with van der Waals surface area (Å²) in [6.45, 7) is 1.38. The summed E-state index contributed by atoms with van der Waals surface area (Å²) in [4.78, 5) is 28.3. The SMILES string of the molecule is COc1cccc(C(=O)N2CCN(C(=O)c3c(F)cccc3Cl)CC2)c1. The summed E-state index contributed by atoms with van der Waals surface area (Å²) in [5, 5.41) is 0.0879. The van der Waals surface area contributed by atoms with E-state index < -0.39 is 11.7 Å². The predicted molar refractivity (Wildman–Crippen MR) is 96.2 cm³/mol. The van der Waals surface area contributed by atoms with E-state index in [0.29, 0.717) is 37.5 Å². The molecule has 7 heteroatoms. The average molecular weight is 377 g/mol. The molecule has 2 aromatic rings. The van der Waals surface area contributed by atoms with E-state index in [4.69, 9.17) is 16.3 Å². The maximum Gasteiger partial charge on any atom is 0.258 e. The van der Waals surface area contributed by atoms with Gasteiger partial charge in [-0.3, -0.25) is 9.59 Å². The zero-order chi connectivity index (χ0) is 18.7. The van der Waals surface area contributed by atoms with Gasteiger partial charge in [0, 0.05) is 31.7 Å². The molecule has 0 radical (unpaired) electrons. The van der Waals surface area contributed by atoms with Gasteiger partial charge in [0.15, 0.2) is 0 Å². The van der Waals surface area contributed by atoms with Crippen LogP contribution in [0, 0.1) is 5.82 Å². The smallest absolute Gasteiger partial charge is 0.258 e. The van der Waals surface area contributed by atoms with Gasteiger partial charge in [-0.1, -0.05) is 23.7 Å². The highest BCUT2D eigenvalue weighted by molar-refractivity contribution is 6.33. The Labute approximate surface area is 155 Å². The Hall–Kier alpha value is -2.60. The summed E-state index contributed by atoms with van der Waals surface area (Å²) in [6.07, 6.45) is 0. The fourth-order valence-electron chi connectivity index (χ4n) is 2.91. The van der Waals surface area contributed by atoms with Crippen molar-refractivity contribution >= 4 is 23.4 Å². The van der Waals surface area contributed by atoms with Gasteiger partial charge in [-0.2, -0.15) is 0 Å². The maximum atomic E-state index is 13.9. The summed E-state index contributed by atoms with van der Waals surface area (Å²) in [5.74, 6) is -0.613. The van der Waals surface area contributed by atoms with Crippen molar-refractivity contribution in [1.29, 1.82) is 0 Å². The van der Waals surface area contributed by atoms with E-state index in [1.54, 1.807) is 36.3 Å². The monoisotopic (exact) mass is 376 g/mol. The van der Waals surface area contributed by atoms with Crippen LogP contribution in [-0.2, 0) is 0 Å². The molecule has 0 bridgehead atoms. The fourth-order valence-corrected chi connectivity index (χ4v) is 3.16. The van der Waals surface area contributed by atoms with Gasteiger partial charge >= 0.3 is 0 Å². The second kappa shape index (κ2) is 7.74. The van der Waals surface area contributed by atoms with Gasteiger partial charge in [0.1, 0.15) is 11.6 Å². The number of piperazine rings is 1. The lowest BCUT2D eigenvalue weighted by atomic mass is 10.1. The zero-order valence-electron chi connectivity index (χ0n) is 14.2. The molecule has 1 aliphatic rings. The fraction of sp³-hybridized carbons (Fsp3) is 0.263. The average Bonchev–Trinajstić information content (AvgIpc) is 2.67. The quantitative estimate of drug-likeness (QED) is 0.827. The van der Waals surface area contributed by atoms with Crippen LogP contribution in [0.5, 0.6) is 5.75 Å². The molecule has 2 amide bonds. The normalized spacial score (nSPS) is 14.3. The van der Waals surface area contributed by atoms with Crippen molar-refractivity contribution in [3.63, 3.8) is 0 Å². The molecule has 0 saturated carbocycles. The molecule has 5 nitrogen and oxygen atoms in total. The molecule has 0 unspecified atom stereocenters. The number of hydrogen-bond donors (Lipinski definition) is 0. The Morgan fingerprint density at radius 2 is 1.62 bits per heavy atom. The number of methoxy groups -OCH3 is 1. The Balaban J connectivity index is 1.67. The van der Waals surface area contributed by atoms with Crippen LogP contribution in [0.2, 0.25) is 5.02 Å². The molecular weight excluding hydrogens is 359 g/mol. The highest BCUT2D eigenvalue weighted by Crippen LogP contribution is 2.22. The number of nitrogens with zero attached hydrogens (tertiary/aromatic N) is 2. The van der Waals surface area contributed by atoms with Gasteiger partial charge in [0.2, 0.25) is 0 Å². The second-order valence-corrected chi connectivity index (χ2v) is 6.32. The molecule has 136 valence electrons. The highest BCUT2D eigenvalue weighted by Gasteiger charge is 2.28. The minimum absolute atomic E-state index is 0.0879. The predicted octanol–water partition coefficient (Wildman–Crippen LogP) is 3.09. The number of carbonyl (C=O) groups is 2. The summed E-state index contributed by atoms with van der Waals surface area (Å²) in [6, 6.07) is 11.1. The largest absolute Gasteiger partial charge is 0.497 e. The lowest BCUT2D eigenvalue weighted by Crippen LogP contribution is -2.50. The third-order valence-corrected chi connectivity index (χ3v) is 4.66. The molecular formula is C19H18ClFN2O3. The molecule has 0 N–H and O–H groups in total. The number of carbonyl (C=O) groups excluding carboxylic acids is 2. The summed E-state index contributed by atoms with van der Waals surface area (Å²) in [5.41, 5.74) is 0.406. The number of amides is 2. The first-order valence-corrected chi connectivity index (χ1v) is 8.55. The van der Waals surface area contributed by atoms with Crippen LogP contribution in [0.15, 0.2) is 42.5 Å². The molecule has 1 saturated heterocycles. The molecule has 1 heterocycles. The number of hydrogen-bond acceptors (Lipinski definition) is 3. The van der Waals surface area contributed by atoms with Crippen LogP contribution in [0.4, 0.5) is 4.39 Å². The highest BCUT2D eigenvalue weighted by atomic mass is 35.5. The number of benzene rings is 2. The molecule has 26 heavy (non-hydrogen) atoms. The van der Waals surface area contributed by atoms with Gasteiger partial charge < -0.3 is 14.5 Å². The summed E-state index contributed by atoms with van der Waals surface area (Å²) < 4.78 is 19.1. The van der Waals surface area contributed by atoms with Crippen molar-refractivity contribution < 1.29 is 18.7 Å². The van der Waals surface area contributed by atoms with Crippen molar-refractivity contribution in [1.82, 2.24) is 9.80 Å². The molecule has 0 aromatic heterocycles. The molecule has 0 spiro atoms. The first kappa shape index (κ1) is 18.2. The topological polar surface area (TPSA) is 49.9 Å². The van der Waals surface area contributed by atoms with Crippen molar-refractivity contribution in [3.05, 3.63) is 64.4 Å². The third-order valence-electron chi connectivity index (χ3n) is 4.35. The third kappa shape index (κ3) is 3.65. The second-order valence-electron chi connectivity index (χ2n) is 5.91. The van der Waals surface area contributed by atoms with Crippen LogP contribution < -0.4 is 4.74 Å². The van der Waals surface area contributed by atoms with E-state index in [9.17, 15) is 14.0 Å². The van der Waals surface area contributed by atoms with E-state index in [0.717, 1.165) is 0 Å². The molecule has 0 atom stereocenters. The van der Waals surface area contributed by atoms with Gasteiger partial charge in [0.25, 0.3) is 11.8 Å². The van der Waals surface area contributed by atoms with Crippen LogP contribution in [0.1, 0.15) is 20.7 Å². The lowest BCUT2D eigenvalue weighted by molar-refractivity contribution is 0.0532. The van der Waals surface area contributed by atoms with Crippen LogP contribution in [0.25, 0.3) is 0 Å². The van der Waals surface area contributed by atoms with Crippen molar-refractivity contribution in [2.24, 2.45) is 0 Å². The molecule has 1 aliphatic heterocycles. The van der Waals surface area contributed by atoms with Crippen molar-refractivity contribution in [2.45, 2.75) is 0 Å². The van der Waals surface area contributed by atoms with Gasteiger partial charge in [-0.25, -0.2) is 4.39 Å². The minimum atomic E-state index is -0.641. The van der Waals surface area contributed by atoms with Crippen LogP contribution >= 0.6 is 11.6 Å². The van der Waals surface area contributed by atoms with E-state index in [1.165, 1.54) is 23.1 Å². The Bertz CT molecular complexity index is 815. The van der Waals surface area contributed by atoms with E-state index in [2.05, 4.69) is 0 Å². The van der Waals surface area contributed by atoms with Gasteiger partial charge in [-0.05, 0) is 30.3 Å². The Morgan fingerprint density at radius 3 is 2.23 bits per heavy atom. The van der Waals surface area contributed by atoms with Gasteiger partial charge in [-0.15, -0.1) is 0 Å². The zero-order valence-corrected chi connectivity index (χ0v) is 15.0. The maximum absolute atomic E-state index is 13.9. The van der Waals surface area contributed by atoms with Crippen molar-refractivity contribution in [2.75, 3.05) is 33.3 Å². The van der Waals surface area contributed by atoms with Crippen LogP contribution in [-0.4, -0.2) is 54.9 Å². The molecule has 3 rings (SSSR count). The number of rotatable bonds is 3. The first-order chi connectivity index (χ1) is 12.5. The van der Waals surface area contributed by atoms with E-state index in [1.807, 2.05) is 0 Å². The molecule has 0 aliphatic carbocycles. The Kier molecular flexibility index (Phi) is 5.42. The van der Waals surface area contributed by atoms with Crippen LogP contribution in [0.3, 0.4) is 0 Å². The summed E-state index contributed by atoms with van der Waals surface area (Å²) >= 11 is 5.97. The number of halogens is 2. The summed E-state index contributed by atoms with van der Waals surface area (Å²) in [7, 11) is 1.54. The van der Waals surface area contributed by atoms with Gasteiger partial charge in [0.05, 0.1) is 17.7 Å². The van der Waals surface area contributed by atoms with E-state index >= 15 is 0 Å². The van der Waals surface area contributed by atoms with Crippen molar-refractivity contribution in [3.8, 4) is 5.75 Å². The lowest BCUT2D eigenvalue weighted by Gasteiger charge is -2.35. The standard InChI is InChI=1S/C19H18ClFN2O3/c1-26-14-5-2-4-13(12-14)18(24)22-8-10-23(11-9-22)19(25)17-15(20)6-3-7-16(17)21/h2-7,12H,8-11H2,1H3. The molecule has 1 fully saturated rings. The Morgan fingerprint density at radius 1 is 1.00 bits per heavy atom. The minimum Gasteiger partial charge on any atom is -0.497 e. The first-order valence-electron chi connectivity index (χ1n) is 8.18.